The van der Waals surface area contributed by atoms with Crippen LogP contribution in [0.25, 0.3) is 0 Å². The van der Waals surface area contributed by atoms with Gasteiger partial charge in [-0.3, -0.25) is 4.99 Å². The number of hydrogen-bond acceptors (Lipinski definition) is 3. The Kier molecular flexibility index (Phi) is 10.6. The maximum Gasteiger partial charge on any atom is 0.191 e. The number of guanidine groups is 1. The average molecular weight is 385 g/mol. The SMILES string of the molecule is CCNC(=NCC1(O)CCC1)NCCCOCC.I. The van der Waals surface area contributed by atoms with E-state index in [1.54, 1.807) is 0 Å². The molecule has 0 amide bonds. The highest BCUT2D eigenvalue weighted by atomic mass is 127. The zero-order valence-electron chi connectivity index (χ0n) is 12.1. The second-order valence-corrected chi connectivity index (χ2v) is 4.75. The first kappa shape index (κ1) is 18.9. The summed E-state index contributed by atoms with van der Waals surface area (Å²) in [5, 5.41) is 16.4. The van der Waals surface area contributed by atoms with E-state index in [9.17, 15) is 5.11 Å². The molecule has 0 unspecified atom stereocenters. The smallest absolute Gasteiger partial charge is 0.191 e. The molecule has 114 valence electrons. The van der Waals surface area contributed by atoms with Crippen molar-refractivity contribution in [3.63, 3.8) is 0 Å². The minimum atomic E-state index is -0.548. The third-order valence-corrected chi connectivity index (χ3v) is 3.12. The van der Waals surface area contributed by atoms with Gasteiger partial charge in [-0.25, -0.2) is 0 Å². The lowest BCUT2D eigenvalue weighted by Gasteiger charge is -2.35. The molecule has 1 aliphatic rings. The summed E-state index contributed by atoms with van der Waals surface area (Å²) >= 11 is 0. The Bertz CT molecular complexity index is 258. The van der Waals surface area contributed by atoms with Crippen LogP contribution in [0.4, 0.5) is 0 Å². The molecule has 1 rings (SSSR count). The first-order valence-electron chi connectivity index (χ1n) is 7.02. The van der Waals surface area contributed by atoms with Crippen molar-refractivity contribution >= 4 is 29.9 Å². The first-order valence-corrected chi connectivity index (χ1v) is 7.02. The van der Waals surface area contributed by atoms with Crippen LogP contribution in [-0.4, -0.2) is 49.5 Å². The largest absolute Gasteiger partial charge is 0.388 e. The lowest BCUT2D eigenvalue weighted by molar-refractivity contribution is -0.0236. The number of hydrogen-bond donors (Lipinski definition) is 3. The van der Waals surface area contributed by atoms with Gasteiger partial charge in [0, 0.05) is 26.3 Å². The van der Waals surface area contributed by atoms with E-state index in [0.29, 0.717) is 6.54 Å². The molecule has 0 heterocycles. The summed E-state index contributed by atoms with van der Waals surface area (Å²) in [4.78, 5) is 4.43. The molecule has 0 radical (unpaired) electrons. The van der Waals surface area contributed by atoms with E-state index < -0.39 is 5.60 Å². The first-order chi connectivity index (χ1) is 8.70. The predicted octanol–water partition coefficient (Wildman–Crippen LogP) is 1.50. The molecule has 6 heteroatoms. The fourth-order valence-electron chi connectivity index (χ4n) is 1.84. The van der Waals surface area contributed by atoms with Gasteiger partial charge in [-0.05, 0) is 39.5 Å². The molecule has 0 saturated heterocycles. The Balaban J connectivity index is 0.00000324. The molecule has 3 N–H and O–H groups in total. The summed E-state index contributed by atoms with van der Waals surface area (Å²) in [7, 11) is 0. The van der Waals surface area contributed by atoms with Crippen molar-refractivity contribution in [3.05, 3.63) is 0 Å². The molecule has 0 aliphatic heterocycles. The molecule has 1 aliphatic carbocycles. The summed E-state index contributed by atoms with van der Waals surface area (Å²) in [5.41, 5.74) is -0.548. The van der Waals surface area contributed by atoms with Gasteiger partial charge in [-0.1, -0.05) is 0 Å². The van der Waals surface area contributed by atoms with E-state index >= 15 is 0 Å². The average Bonchev–Trinajstić information content (AvgIpc) is 2.33. The normalized spacial score (nSPS) is 17.3. The van der Waals surface area contributed by atoms with Crippen LogP contribution in [0.3, 0.4) is 0 Å². The maximum absolute atomic E-state index is 9.99. The van der Waals surface area contributed by atoms with Crippen molar-refractivity contribution in [2.75, 3.05) is 32.8 Å². The molecule has 0 spiro atoms. The van der Waals surface area contributed by atoms with Gasteiger partial charge in [0.1, 0.15) is 0 Å². The van der Waals surface area contributed by atoms with E-state index in [2.05, 4.69) is 15.6 Å². The van der Waals surface area contributed by atoms with Crippen molar-refractivity contribution < 1.29 is 9.84 Å². The third kappa shape index (κ3) is 7.94. The summed E-state index contributed by atoms with van der Waals surface area (Å²) < 4.78 is 5.28. The highest BCUT2D eigenvalue weighted by Gasteiger charge is 2.34. The van der Waals surface area contributed by atoms with Gasteiger partial charge in [0.2, 0.25) is 0 Å². The van der Waals surface area contributed by atoms with Crippen LogP contribution in [0.1, 0.15) is 39.5 Å². The summed E-state index contributed by atoms with van der Waals surface area (Å²) in [6.07, 6.45) is 3.83. The van der Waals surface area contributed by atoms with E-state index in [4.69, 9.17) is 4.74 Å². The van der Waals surface area contributed by atoms with Gasteiger partial charge < -0.3 is 20.5 Å². The Labute approximate surface area is 133 Å². The van der Waals surface area contributed by atoms with Crippen LogP contribution < -0.4 is 10.6 Å². The van der Waals surface area contributed by atoms with E-state index in [1.165, 1.54) is 0 Å². The summed E-state index contributed by atoms with van der Waals surface area (Å²) in [5.74, 6) is 0.786. The fourth-order valence-corrected chi connectivity index (χ4v) is 1.84. The zero-order chi connectivity index (χ0) is 13.3. The van der Waals surface area contributed by atoms with E-state index in [-0.39, 0.29) is 24.0 Å². The lowest BCUT2D eigenvalue weighted by atomic mass is 9.80. The molecule has 5 nitrogen and oxygen atoms in total. The molecule has 0 atom stereocenters. The zero-order valence-corrected chi connectivity index (χ0v) is 14.4. The predicted molar refractivity (Wildman–Crippen MR) is 89.3 cm³/mol. The van der Waals surface area contributed by atoms with Crippen molar-refractivity contribution in [2.45, 2.75) is 45.1 Å². The quantitative estimate of drug-likeness (QED) is 0.257. The molecule has 1 fully saturated rings. The van der Waals surface area contributed by atoms with Crippen LogP contribution in [0, 0.1) is 0 Å². The minimum Gasteiger partial charge on any atom is -0.388 e. The monoisotopic (exact) mass is 385 g/mol. The molecule has 0 aromatic carbocycles. The highest BCUT2D eigenvalue weighted by molar-refractivity contribution is 14.0. The highest BCUT2D eigenvalue weighted by Crippen LogP contribution is 2.31. The van der Waals surface area contributed by atoms with Gasteiger partial charge >= 0.3 is 0 Å². The van der Waals surface area contributed by atoms with Crippen LogP contribution in [0.15, 0.2) is 4.99 Å². The van der Waals surface area contributed by atoms with E-state index in [0.717, 1.165) is 57.9 Å². The van der Waals surface area contributed by atoms with Crippen molar-refractivity contribution in [3.8, 4) is 0 Å². The van der Waals surface area contributed by atoms with Crippen molar-refractivity contribution in [2.24, 2.45) is 4.99 Å². The molecular weight excluding hydrogens is 357 g/mol. The molecule has 0 aromatic rings. The van der Waals surface area contributed by atoms with Crippen LogP contribution in [0.2, 0.25) is 0 Å². The topological polar surface area (TPSA) is 65.9 Å². The molecule has 0 aromatic heterocycles. The Morgan fingerprint density at radius 2 is 2.05 bits per heavy atom. The molecule has 0 bridgehead atoms. The van der Waals surface area contributed by atoms with Crippen LogP contribution in [-0.2, 0) is 4.74 Å². The molecule has 19 heavy (non-hydrogen) atoms. The number of nitrogens with zero attached hydrogens (tertiary/aromatic N) is 1. The summed E-state index contributed by atoms with van der Waals surface area (Å²) in [6.45, 7) is 7.73. The van der Waals surface area contributed by atoms with Crippen LogP contribution in [0.5, 0.6) is 0 Å². The molecular formula is C13H28IN3O2. The van der Waals surface area contributed by atoms with E-state index in [1.807, 2.05) is 13.8 Å². The number of rotatable bonds is 8. The van der Waals surface area contributed by atoms with Crippen molar-refractivity contribution in [1.29, 1.82) is 0 Å². The Morgan fingerprint density at radius 1 is 1.32 bits per heavy atom. The minimum absolute atomic E-state index is 0. The Morgan fingerprint density at radius 3 is 2.58 bits per heavy atom. The van der Waals surface area contributed by atoms with Crippen LogP contribution >= 0.6 is 24.0 Å². The van der Waals surface area contributed by atoms with Gasteiger partial charge in [0.05, 0.1) is 12.1 Å². The standard InChI is InChI=1S/C13H27N3O2.HI/c1-3-14-12(15-9-6-10-18-4-2)16-11-13(17)7-5-8-13;/h17H,3-11H2,1-2H3,(H2,14,15,16);1H. The van der Waals surface area contributed by atoms with Gasteiger partial charge in [-0.15, -0.1) is 24.0 Å². The number of halogens is 1. The van der Waals surface area contributed by atoms with Gasteiger partial charge in [0.15, 0.2) is 5.96 Å². The maximum atomic E-state index is 9.99. The van der Waals surface area contributed by atoms with Gasteiger partial charge in [0.25, 0.3) is 0 Å². The second-order valence-electron chi connectivity index (χ2n) is 4.75. The van der Waals surface area contributed by atoms with Crippen molar-refractivity contribution in [1.82, 2.24) is 10.6 Å². The number of aliphatic hydroxyl groups is 1. The molecule has 1 saturated carbocycles. The Hall–Kier alpha value is -0.0800. The second kappa shape index (κ2) is 10.7. The summed E-state index contributed by atoms with van der Waals surface area (Å²) in [6, 6.07) is 0. The fraction of sp³-hybridized carbons (Fsp3) is 0.923. The number of nitrogens with one attached hydrogen (secondary N) is 2. The number of ether oxygens (including phenoxy) is 1. The third-order valence-electron chi connectivity index (χ3n) is 3.12. The number of aliphatic imine (C=N–C) groups is 1. The van der Waals surface area contributed by atoms with Gasteiger partial charge in [-0.2, -0.15) is 0 Å². The lowest BCUT2D eigenvalue weighted by Crippen LogP contribution is -2.43.